The Morgan fingerprint density at radius 1 is 1.03 bits per heavy atom. The molecule has 2 aromatic heterocycles. The molecule has 7 nitrogen and oxygen atoms in total. The summed E-state index contributed by atoms with van der Waals surface area (Å²) in [6.45, 7) is 4.47. The van der Waals surface area contributed by atoms with Crippen LogP contribution in [0.3, 0.4) is 0 Å². The van der Waals surface area contributed by atoms with E-state index in [9.17, 15) is 0 Å². The Morgan fingerprint density at radius 3 is 2.59 bits per heavy atom. The first kappa shape index (κ1) is 23.6. The van der Waals surface area contributed by atoms with Crippen molar-refractivity contribution in [1.82, 2.24) is 14.9 Å². The number of nitrogens with one attached hydrogen (secondary N) is 1. The van der Waals surface area contributed by atoms with Crippen LogP contribution in [-0.4, -0.2) is 28.6 Å². The van der Waals surface area contributed by atoms with Crippen molar-refractivity contribution >= 4 is 34.6 Å². The average molecular weight is 533 g/mol. The van der Waals surface area contributed by atoms with Gasteiger partial charge in [0.2, 0.25) is 6.79 Å². The molecule has 1 saturated heterocycles. The van der Waals surface area contributed by atoms with Crippen LogP contribution < -0.4 is 24.4 Å². The molecule has 6 rings (SSSR count). The van der Waals surface area contributed by atoms with Gasteiger partial charge in [-0.2, -0.15) is 0 Å². The molecule has 0 spiro atoms. The Balaban J connectivity index is 1.50. The third-order valence-electron chi connectivity index (χ3n) is 6.91. The lowest BCUT2D eigenvalue weighted by molar-refractivity contribution is 0.174. The van der Waals surface area contributed by atoms with Crippen molar-refractivity contribution in [3.05, 3.63) is 94.5 Å². The Hall–Kier alpha value is -3.75. The van der Waals surface area contributed by atoms with Gasteiger partial charge < -0.3 is 29.0 Å². The van der Waals surface area contributed by atoms with E-state index in [1.807, 2.05) is 54.6 Å². The molecule has 2 aliphatic rings. The van der Waals surface area contributed by atoms with Gasteiger partial charge in [0.1, 0.15) is 5.75 Å². The second kappa shape index (κ2) is 9.28. The van der Waals surface area contributed by atoms with Crippen LogP contribution in [0.15, 0.2) is 66.9 Å². The molecule has 2 aromatic carbocycles. The minimum absolute atomic E-state index is 0.166. The molecule has 188 valence electrons. The van der Waals surface area contributed by atoms with Gasteiger partial charge in [0.15, 0.2) is 16.6 Å². The van der Waals surface area contributed by atoms with Crippen LogP contribution in [0.1, 0.15) is 34.7 Å². The van der Waals surface area contributed by atoms with E-state index in [1.54, 1.807) is 13.3 Å². The minimum Gasteiger partial charge on any atom is -0.495 e. The SMILES string of the molecule is COc1ccc(N2C(=S)N[C@@H](c3ccccn3)[C@H]2c2cc(C)n(-c3ccc4c(c3)OCO4)c2C)cc1Cl. The molecule has 4 aromatic rings. The molecule has 0 radical (unpaired) electrons. The molecule has 9 heteroatoms. The first-order valence-electron chi connectivity index (χ1n) is 11.9. The lowest BCUT2D eigenvalue weighted by atomic mass is 9.96. The number of ether oxygens (including phenoxy) is 3. The lowest BCUT2D eigenvalue weighted by Crippen LogP contribution is -2.29. The zero-order valence-corrected chi connectivity index (χ0v) is 22.1. The Morgan fingerprint density at radius 2 is 1.84 bits per heavy atom. The number of benzene rings is 2. The summed E-state index contributed by atoms with van der Waals surface area (Å²) >= 11 is 12.4. The monoisotopic (exact) mass is 532 g/mol. The van der Waals surface area contributed by atoms with Gasteiger partial charge in [-0.05, 0) is 80.2 Å². The minimum atomic E-state index is -0.166. The summed E-state index contributed by atoms with van der Waals surface area (Å²) in [5, 5.41) is 4.65. The van der Waals surface area contributed by atoms with Crippen LogP contribution in [-0.2, 0) is 0 Å². The van der Waals surface area contributed by atoms with Gasteiger partial charge in [-0.3, -0.25) is 4.98 Å². The predicted octanol–water partition coefficient (Wildman–Crippen LogP) is 6.06. The summed E-state index contributed by atoms with van der Waals surface area (Å²) in [6.07, 6.45) is 1.81. The third-order valence-corrected chi connectivity index (χ3v) is 7.52. The summed E-state index contributed by atoms with van der Waals surface area (Å²) in [4.78, 5) is 6.79. The topological polar surface area (TPSA) is 60.8 Å². The first-order valence-corrected chi connectivity index (χ1v) is 12.7. The number of hydrogen-bond acceptors (Lipinski definition) is 5. The lowest BCUT2D eigenvalue weighted by Gasteiger charge is -2.28. The molecule has 0 bridgehead atoms. The van der Waals surface area contributed by atoms with Crippen LogP contribution in [0.25, 0.3) is 5.69 Å². The average Bonchev–Trinajstić information content (AvgIpc) is 3.59. The number of pyridine rings is 1. The highest BCUT2D eigenvalue weighted by Gasteiger charge is 2.42. The maximum absolute atomic E-state index is 6.54. The first-order chi connectivity index (χ1) is 18.0. The quantitative estimate of drug-likeness (QED) is 0.314. The van der Waals surface area contributed by atoms with Crippen LogP contribution in [0, 0.1) is 13.8 Å². The molecule has 1 fully saturated rings. The number of rotatable bonds is 5. The van der Waals surface area contributed by atoms with Crippen molar-refractivity contribution < 1.29 is 14.2 Å². The van der Waals surface area contributed by atoms with Gasteiger partial charge in [-0.15, -0.1) is 0 Å². The van der Waals surface area contributed by atoms with Gasteiger partial charge in [0.25, 0.3) is 0 Å². The van der Waals surface area contributed by atoms with E-state index < -0.39 is 0 Å². The summed E-state index contributed by atoms with van der Waals surface area (Å²) in [5.74, 6) is 2.12. The van der Waals surface area contributed by atoms with E-state index >= 15 is 0 Å². The number of aromatic nitrogens is 2. The maximum atomic E-state index is 6.54. The molecule has 2 atom stereocenters. The molecule has 0 saturated carbocycles. The predicted molar refractivity (Wildman–Crippen MR) is 147 cm³/mol. The van der Waals surface area contributed by atoms with Gasteiger partial charge in [-0.1, -0.05) is 17.7 Å². The molecule has 0 unspecified atom stereocenters. The smallest absolute Gasteiger partial charge is 0.231 e. The molecular weight excluding hydrogens is 508 g/mol. The third kappa shape index (κ3) is 3.97. The van der Waals surface area contributed by atoms with Crippen LogP contribution >= 0.6 is 23.8 Å². The highest BCUT2D eigenvalue weighted by atomic mass is 35.5. The molecule has 0 aliphatic carbocycles. The highest BCUT2D eigenvalue weighted by Crippen LogP contribution is 2.45. The van der Waals surface area contributed by atoms with E-state index in [-0.39, 0.29) is 18.9 Å². The van der Waals surface area contributed by atoms with Crippen LogP contribution in [0.5, 0.6) is 17.2 Å². The van der Waals surface area contributed by atoms with Gasteiger partial charge in [0.05, 0.1) is 29.9 Å². The Labute approximate surface area is 225 Å². The highest BCUT2D eigenvalue weighted by molar-refractivity contribution is 7.80. The number of aryl methyl sites for hydroxylation is 1. The van der Waals surface area contributed by atoms with E-state index in [0.717, 1.165) is 45.5 Å². The van der Waals surface area contributed by atoms with Crippen molar-refractivity contribution in [2.24, 2.45) is 0 Å². The number of nitrogens with zero attached hydrogens (tertiary/aromatic N) is 3. The van der Waals surface area contributed by atoms with E-state index in [0.29, 0.717) is 15.9 Å². The number of fused-ring (bicyclic) bond motifs is 1. The molecule has 2 aliphatic heterocycles. The fraction of sp³-hybridized carbons (Fsp3) is 0.214. The molecule has 37 heavy (non-hydrogen) atoms. The van der Waals surface area contributed by atoms with Crippen molar-refractivity contribution in [2.45, 2.75) is 25.9 Å². The number of halogens is 1. The van der Waals surface area contributed by atoms with Crippen molar-refractivity contribution in [3.8, 4) is 22.9 Å². The zero-order valence-electron chi connectivity index (χ0n) is 20.6. The number of hydrogen-bond donors (Lipinski definition) is 1. The zero-order chi connectivity index (χ0) is 25.7. The van der Waals surface area contributed by atoms with E-state index in [2.05, 4.69) is 39.7 Å². The number of methoxy groups -OCH3 is 1. The summed E-state index contributed by atoms with van der Waals surface area (Å²) in [7, 11) is 1.60. The second-order valence-corrected chi connectivity index (χ2v) is 9.81. The van der Waals surface area contributed by atoms with E-state index in [4.69, 9.17) is 38.0 Å². The Bertz CT molecular complexity index is 1510. The summed E-state index contributed by atoms with van der Waals surface area (Å²) < 4.78 is 18.8. The fourth-order valence-electron chi connectivity index (χ4n) is 5.26. The summed E-state index contributed by atoms with van der Waals surface area (Å²) in [5.41, 5.74) is 6.11. The molecule has 4 heterocycles. The number of thiocarbonyl (C=S) groups is 1. The van der Waals surface area contributed by atoms with Gasteiger partial charge in [0, 0.05) is 35.0 Å². The second-order valence-electron chi connectivity index (χ2n) is 9.01. The molecule has 1 N–H and O–H groups in total. The van der Waals surface area contributed by atoms with Gasteiger partial charge >= 0.3 is 0 Å². The van der Waals surface area contributed by atoms with Crippen molar-refractivity contribution in [2.75, 3.05) is 18.8 Å². The van der Waals surface area contributed by atoms with Crippen LogP contribution in [0.2, 0.25) is 5.02 Å². The standard InChI is InChI=1S/C28H25ClN4O3S/c1-16-12-20(17(2)32(16)19-8-10-24-25(14-19)36-15-35-24)27-26(22-6-4-5-11-30-22)31-28(37)33(27)18-7-9-23(34-3)21(29)13-18/h4-14,26-27H,15H2,1-3H3,(H,31,37)/t26-,27+/m0/s1. The van der Waals surface area contributed by atoms with E-state index in [1.165, 1.54) is 0 Å². The molecule has 0 amide bonds. The van der Waals surface area contributed by atoms with Crippen molar-refractivity contribution in [1.29, 1.82) is 0 Å². The van der Waals surface area contributed by atoms with Gasteiger partial charge in [-0.25, -0.2) is 0 Å². The van der Waals surface area contributed by atoms with Crippen LogP contribution in [0.4, 0.5) is 5.69 Å². The largest absolute Gasteiger partial charge is 0.495 e. The molecular formula is C28H25ClN4O3S. The summed E-state index contributed by atoms with van der Waals surface area (Å²) in [6, 6.07) is 19.6. The normalized spacial score (nSPS) is 18.3. The number of anilines is 1. The maximum Gasteiger partial charge on any atom is 0.231 e. The fourth-order valence-corrected chi connectivity index (χ4v) is 5.86. The Kier molecular flexibility index (Phi) is 5.93. The van der Waals surface area contributed by atoms with Crippen molar-refractivity contribution in [3.63, 3.8) is 0 Å².